The number of oxazole rings is 1. The van der Waals surface area contributed by atoms with Gasteiger partial charge in [-0.05, 0) is 25.1 Å². The summed E-state index contributed by atoms with van der Waals surface area (Å²) in [5.41, 5.74) is 0.810. The molecule has 1 aromatic carbocycles. The molecule has 0 spiro atoms. The van der Waals surface area contributed by atoms with E-state index in [0.717, 1.165) is 25.1 Å². The Morgan fingerprint density at radius 1 is 1.45 bits per heavy atom. The number of nitrogens with zero attached hydrogens (tertiary/aromatic N) is 1. The lowest BCUT2D eigenvalue weighted by Crippen LogP contribution is -2.36. The summed E-state index contributed by atoms with van der Waals surface area (Å²) in [4.78, 5) is 16.1. The molecule has 5 nitrogen and oxygen atoms in total. The molecule has 2 aromatic rings. The molecule has 0 bridgehead atoms. The Kier molecular flexibility index (Phi) is 4.75. The van der Waals surface area contributed by atoms with Gasteiger partial charge in [-0.25, -0.2) is 4.98 Å². The van der Waals surface area contributed by atoms with Crippen LogP contribution in [0.25, 0.3) is 11.3 Å². The van der Waals surface area contributed by atoms with Gasteiger partial charge in [-0.2, -0.15) is 0 Å². The van der Waals surface area contributed by atoms with Crippen LogP contribution in [0.4, 0.5) is 0 Å². The molecule has 0 aliphatic carbocycles. The molecule has 116 valence electrons. The highest BCUT2D eigenvalue weighted by molar-refractivity contribution is 6.33. The smallest absolute Gasteiger partial charge is 0.220 e. The van der Waals surface area contributed by atoms with Crippen molar-refractivity contribution >= 4 is 17.5 Å². The van der Waals surface area contributed by atoms with E-state index in [4.69, 9.17) is 16.0 Å². The van der Waals surface area contributed by atoms with Crippen molar-refractivity contribution in [1.29, 1.82) is 0 Å². The van der Waals surface area contributed by atoms with Crippen molar-refractivity contribution < 1.29 is 9.21 Å². The van der Waals surface area contributed by atoms with Crippen LogP contribution in [0.5, 0.6) is 0 Å². The molecule has 2 N–H and O–H groups in total. The van der Waals surface area contributed by atoms with Crippen molar-refractivity contribution in [1.82, 2.24) is 15.6 Å². The standard InChI is InChI=1S/C16H18ClN3O2/c17-13-4-2-1-3-12(13)14-10-19-16(22-14)6-5-15(21)20-11-7-8-18-9-11/h1-4,10-11,18H,5-9H2,(H,20,21). The highest BCUT2D eigenvalue weighted by atomic mass is 35.5. The van der Waals surface area contributed by atoms with E-state index in [1.807, 2.05) is 24.3 Å². The molecular formula is C16H18ClN3O2. The summed E-state index contributed by atoms with van der Waals surface area (Å²) in [6, 6.07) is 7.70. The topological polar surface area (TPSA) is 67.2 Å². The fourth-order valence-corrected chi connectivity index (χ4v) is 2.74. The van der Waals surface area contributed by atoms with E-state index in [-0.39, 0.29) is 11.9 Å². The van der Waals surface area contributed by atoms with E-state index in [2.05, 4.69) is 15.6 Å². The summed E-state index contributed by atoms with van der Waals surface area (Å²) < 4.78 is 5.68. The predicted octanol–water partition coefficient (Wildman–Crippen LogP) is 2.41. The largest absolute Gasteiger partial charge is 0.441 e. The molecule has 1 unspecified atom stereocenters. The molecule has 1 amide bonds. The minimum absolute atomic E-state index is 0.0335. The first-order valence-corrected chi connectivity index (χ1v) is 7.80. The van der Waals surface area contributed by atoms with Gasteiger partial charge in [0.2, 0.25) is 5.91 Å². The fourth-order valence-electron chi connectivity index (χ4n) is 2.51. The Morgan fingerprint density at radius 3 is 3.09 bits per heavy atom. The number of halogens is 1. The van der Waals surface area contributed by atoms with Crippen LogP contribution in [-0.4, -0.2) is 30.0 Å². The average molecular weight is 320 g/mol. The zero-order valence-electron chi connectivity index (χ0n) is 12.1. The summed E-state index contributed by atoms with van der Waals surface area (Å²) >= 11 is 6.13. The van der Waals surface area contributed by atoms with Crippen LogP contribution < -0.4 is 10.6 Å². The van der Waals surface area contributed by atoms with Crippen LogP contribution in [0.2, 0.25) is 5.02 Å². The number of hydrogen-bond donors (Lipinski definition) is 2. The average Bonchev–Trinajstić information content (AvgIpc) is 3.17. The first kappa shape index (κ1) is 15.1. The first-order valence-electron chi connectivity index (χ1n) is 7.42. The molecule has 1 atom stereocenters. The number of nitrogens with one attached hydrogen (secondary N) is 2. The van der Waals surface area contributed by atoms with Crippen molar-refractivity contribution in [2.75, 3.05) is 13.1 Å². The molecule has 22 heavy (non-hydrogen) atoms. The van der Waals surface area contributed by atoms with Crippen LogP contribution in [0.15, 0.2) is 34.9 Å². The lowest BCUT2D eigenvalue weighted by Gasteiger charge is -2.10. The Hall–Kier alpha value is -1.85. The number of rotatable bonds is 5. The van der Waals surface area contributed by atoms with Crippen LogP contribution in [0.1, 0.15) is 18.7 Å². The highest BCUT2D eigenvalue weighted by Gasteiger charge is 2.17. The van der Waals surface area contributed by atoms with E-state index in [9.17, 15) is 4.79 Å². The van der Waals surface area contributed by atoms with Crippen molar-refractivity contribution in [3.8, 4) is 11.3 Å². The van der Waals surface area contributed by atoms with Crippen molar-refractivity contribution in [3.63, 3.8) is 0 Å². The number of benzene rings is 1. The first-order chi connectivity index (χ1) is 10.7. The van der Waals surface area contributed by atoms with Gasteiger partial charge in [-0.1, -0.05) is 23.7 Å². The molecule has 1 aromatic heterocycles. The number of aromatic nitrogens is 1. The third-order valence-electron chi connectivity index (χ3n) is 3.68. The van der Waals surface area contributed by atoms with E-state index in [1.54, 1.807) is 6.20 Å². The van der Waals surface area contributed by atoms with Gasteiger partial charge in [0.05, 0.1) is 11.2 Å². The molecule has 0 saturated carbocycles. The normalized spacial score (nSPS) is 17.6. The zero-order chi connectivity index (χ0) is 15.4. The molecule has 1 fully saturated rings. The maximum absolute atomic E-state index is 11.9. The Labute approximate surface area is 134 Å². The Bertz CT molecular complexity index is 650. The monoisotopic (exact) mass is 319 g/mol. The number of carbonyl (C=O) groups is 1. The minimum atomic E-state index is 0.0335. The van der Waals surface area contributed by atoms with E-state index in [1.165, 1.54) is 0 Å². The maximum Gasteiger partial charge on any atom is 0.220 e. The van der Waals surface area contributed by atoms with Gasteiger partial charge in [0.1, 0.15) is 0 Å². The van der Waals surface area contributed by atoms with Crippen LogP contribution in [0, 0.1) is 0 Å². The third-order valence-corrected chi connectivity index (χ3v) is 4.01. The molecule has 3 rings (SSSR count). The summed E-state index contributed by atoms with van der Waals surface area (Å²) in [6.07, 6.45) is 3.49. The lowest BCUT2D eigenvalue weighted by molar-refractivity contribution is -0.121. The molecule has 6 heteroatoms. The maximum atomic E-state index is 11.9. The quantitative estimate of drug-likeness (QED) is 0.888. The van der Waals surface area contributed by atoms with E-state index < -0.39 is 0 Å². The molecule has 1 aliphatic rings. The number of aryl methyl sites for hydroxylation is 1. The van der Waals surface area contributed by atoms with Crippen LogP contribution >= 0.6 is 11.6 Å². The van der Waals surface area contributed by atoms with E-state index in [0.29, 0.717) is 29.5 Å². The third kappa shape index (κ3) is 3.67. The summed E-state index contributed by atoms with van der Waals surface area (Å²) in [6.45, 7) is 1.81. The second-order valence-corrected chi connectivity index (χ2v) is 5.76. The van der Waals surface area contributed by atoms with Crippen molar-refractivity contribution in [3.05, 3.63) is 41.4 Å². The fraction of sp³-hybridized carbons (Fsp3) is 0.375. The predicted molar refractivity (Wildman–Crippen MR) is 84.7 cm³/mol. The second kappa shape index (κ2) is 6.94. The molecule has 1 saturated heterocycles. The molecule has 2 heterocycles. The zero-order valence-corrected chi connectivity index (χ0v) is 12.9. The number of hydrogen-bond acceptors (Lipinski definition) is 4. The van der Waals surface area contributed by atoms with Crippen molar-refractivity contribution in [2.24, 2.45) is 0 Å². The van der Waals surface area contributed by atoms with Crippen LogP contribution in [0.3, 0.4) is 0 Å². The van der Waals surface area contributed by atoms with Crippen LogP contribution in [-0.2, 0) is 11.2 Å². The Morgan fingerprint density at radius 2 is 2.32 bits per heavy atom. The van der Waals surface area contributed by atoms with Gasteiger partial charge in [-0.3, -0.25) is 4.79 Å². The van der Waals surface area contributed by atoms with Gasteiger partial charge in [0.25, 0.3) is 0 Å². The second-order valence-electron chi connectivity index (χ2n) is 5.36. The van der Waals surface area contributed by atoms with Gasteiger partial charge in [-0.15, -0.1) is 0 Å². The summed E-state index contributed by atoms with van der Waals surface area (Å²) in [7, 11) is 0. The number of amides is 1. The minimum Gasteiger partial charge on any atom is -0.441 e. The molecular weight excluding hydrogens is 302 g/mol. The van der Waals surface area contributed by atoms with E-state index >= 15 is 0 Å². The molecule has 0 radical (unpaired) electrons. The van der Waals surface area contributed by atoms with Gasteiger partial charge >= 0.3 is 0 Å². The highest BCUT2D eigenvalue weighted by Crippen LogP contribution is 2.28. The number of carbonyl (C=O) groups excluding carboxylic acids is 1. The van der Waals surface area contributed by atoms with Crippen molar-refractivity contribution in [2.45, 2.75) is 25.3 Å². The summed E-state index contributed by atoms with van der Waals surface area (Å²) in [5.74, 6) is 1.21. The summed E-state index contributed by atoms with van der Waals surface area (Å²) in [5, 5.41) is 6.85. The SMILES string of the molecule is O=C(CCc1ncc(-c2ccccc2Cl)o1)NC1CCNC1. The van der Waals surface area contributed by atoms with Gasteiger partial charge in [0, 0.05) is 31.0 Å². The van der Waals surface area contributed by atoms with Gasteiger partial charge < -0.3 is 15.1 Å². The Balaban J connectivity index is 1.55. The lowest BCUT2D eigenvalue weighted by atomic mass is 10.2. The molecule has 1 aliphatic heterocycles. The van der Waals surface area contributed by atoms with Gasteiger partial charge in [0.15, 0.2) is 11.7 Å².